The van der Waals surface area contributed by atoms with E-state index in [0.29, 0.717) is 5.56 Å². The number of aromatic nitrogens is 1. The molecule has 0 amide bonds. The van der Waals surface area contributed by atoms with Gasteiger partial charge >= 0.3 is 5.97 Å². The van der Waals surface area contributed by atoms with Gasteiger partial charge in [-0.1, -0.05) is 37.9 Å². The Balaban J connectivity index is 1.78. The van der Waals surface area contributed by atoms with Gasteiger partial charge in [0.1, 0.15) is 18.3 Å². The van der Waals surface area contributed by atoms with Gasteiger partial charge < -0.3 is 9.72 Å². The second-order valence-electron chi connectivity index (χ2n) is 5.92. The Labute approximate surface area is 161 Å². The third-order valence-electron chi connectivity index (χ3n) is 4.43. The number of methoxy groups -OCH3 is 1. The number of ether oxygens (including phenoxy) is 1. The molecule has 0 aliphatic carbocycles. The molecule has 1 unspecified atom stereocenters. The first kappa shape index (κ1) is 16.6. The van der Waals surface area contributed by atoms with Crippen LogP contribution < -0.4 is 4.90 Å². The SMILES string of the molecule is COC(=O)c1ccc(Br)cc1[NH+]1C=Cc2c([nH]c3cc(Br)ccc23)C1. The summed E-state index contributed by atoms with van der Waals surface area (Å²) >= 11 is 7.02. The summed E-state index contributed by atoms with van der Waals surface area (Å²) in [5.74, 6) is -0.324. The van der Waals surface area contributed by atoms with Gasteiger partial charge in [-0.3, -0.25) is 4.90 Å². The molecule has 4 rings (SSSR count). The minimum absolute atomic E-state index is 0.324. The minimum Gasteiger partial charge on any atom is -0.465 e. The van der Waals surface area contributed by atoms with Crippen LogP contribution in [0.5, 0.6) is 0 Å². The molecule has 0 fully saturated rings. The van der Waals surface area contributed by atoms with E-state index in [2.05, 4.69) is 61.3 Å². The summed E-state index contributed by atoms with van der Waals surface area (Å²) in [6.45, 7) is 0.735. The molecule has 1 aliphatic rings. The van der Waals surface area contributed by atoms with Crippen LogP contribution in [-0.4, -0.2) is 18.1 Å². The van der Waals surface area contributed by atoms with Gasteiger partial charge in [-0.15, -0.1) is 0 Å². The van der Waals surface area contributed by atoms with E-state index in [4.69, 9.17) is 4.74 Å². The largest absolute Gasteiger partial charge is 0.465 e. The average molecular weight is 463 g/mol. The highest BCUT2D eigenvalue weighted by atomic mass is 79.9. The molecule has 126 valence electrons. The summed E-state index contributed by atoms with van der Waals surface area (Å²) in [6.07, 6.45) is 4.20. The maximum atomic E-state index is 12.1. The van der Waals surface area contributed by atoms with Crippen molar-refractivity contribution in [3.63, 3.8) is 0 Å². The van der Waals surface area contributed by atoms with E-state index < -0.39 is 0 Å². The number of esters is 1. The van der Waals surface area contributed by atoms with Gasteiger partial charge in [0.2, 0.25) is 0 Å². The van der Waals surface area contributed by atoms with Crippen molar-refractivity contribution in [3.8, 4) is 0 Å². The lowest BCUT2D eigenvalue weighted by Gasteiger charge is -2.20. The summed E-state index contributed by atoms with van der Waals surface area (Å²) in [5.41, 5.74) is 4.94. The van der Waals surface area contributed by atoms with Crippen LogP contribution in [0.4, 0.5) is 5.69 Å². The molecule has 1 aliphatic heterocycles. The van der Waals surface area contributed by atoms with Crippen molar-refractivity contribution < 1.29 is 14.4 Å². The molecule has 1 atom stereocenters. The quantitative estimate of drug-likeness (QED) is 0.561. The summed E-state index contributed by atoms with van der Waals surface area (Å²) in [6, 6.07) is 11.9. The molecular weight excluding hydrogens is 448 g/mol. The fourth-order valence-electron chi connectivity index (χ4n) is 3.27. The number of aromatic amines is 1. The lowest BCUT2D eigenvalue weighted by Crippen LogP contribution is -3.01. The number of rotatable bonds is 2. The monoisotopic (exact) mass is 461 g/mol. The first-order valence-electron chi connectivity index (χ1n) is 7.79. The Hall–Kier alpha value is -1.89. The van der Waals surface area contributed by atoms with Crippen LogP contribution in [0.15, 0.2) is 51.5 Å². The summed E-state index contributed by atoms with van der Waals surface area (Å²) in [7, 11) is 1.41. The second-order valence-corrected chi connectivity index (χ2v) is 7.76. The van der Waals surface area contributed by atoms with Gasteiger partial charge in [-0.25, -0.2) is 4.79 Å². The van der Waals surface area contributed by atoms with E-state index >= 15 is 0 Å². The number of benzene rings is 2. The summed E-state index contributed by atoms with van der Waals surface area (Å²) in [4.78, 5) is 16.7. The molecule has 0 bridgehead atoms. The molecule has 2 N–H and O–H groups in total. The van der Waals surface area contributed by atoms with E-state index in [-0.39, 0.29) is 5.97 Å². The lowest BCUT2D eigenvalue weighted by molar-refractivity contribution is -0.791. The molecule has 4 nitrogen and oxygen atoms in total. The zero-order valence-electron chi connectivity index (χ0n) is 13.4. The maximum absolute atomic E-state index is 12.1. The Morgan fingerprint density at radius 3 is 2.72 bits per heavy atom. The van der Waals surface area contributed by atoms with E-state index in [9.17, 15) is 4.79 Å². The van der Waals surface area contributed by atoms with Crippen LogP contribution >= 0.6 is 31.9 Å². The van der Waals surface area contributed by atoms with Crippen molar-refractivity contribution in [2.24, 2.45) is 0 Å². The van der Waals surface area contributed by atoms with Crippen molar-refractivity contribution in [3.05, 3.63) is 68.4 Å². The number of fused-ring (bicyclic) bond motifs is 3. The van der Waals surface area contributed by atoms with E-state index in [1.54, 1.807) is 6.07 Å². The van der Waals surface area contributed by atoms with Crippen LogP contribution in [0.3, 0.4) is 0 Å². The standard InChI is InChI=1S/C19H14Br2N2O2/c1-25-19(24)15-5-3-12(21)9-18(15)23-7-6-14-13-4-2-11(20)8-16(13)22-17(14)10-23/h2-9,22H,10H2,1H3/p+1. The zero-order valence-corrected chi connectivity index (χ0v) is 16.6. The molecule has 2 aromatic carbocycles. The Morgan fingerprint density at radius 1 is 1.16 bits per heavy atom. The smallest absolute Gasteiger partial charge is 0.343 e. The fourth-order valence-corrected chi connectivity index (χ4v) is 3.99. The van der Waals surface area contributed by atoms with Crippen LogP contribution in [0.25, 0.3) is 17.0 Å². The molecular formula is C19H15Br2N2O2+. The Kier molecular flexibility index (Phi) is 4.27. The summed E-state index contributed by atoms with van der Waals surface area (Å²) in [5, 5.41) is 1.20. The highest BCUT2D eigenvalue weighted by molar-refractivity contribution is 9.10. The van der Waals surface area contributed by atoms with E-state index in [1.807, 2.05) is 18.2 Å². The van der Waals surface area contributed by atoms with Gasteiger partial charge in [-0.05, 0) is 24.3 Å². The minimum atomic E-state index is -0.324. The highest BCUT2D eigenvalue weighted by Crippen LogP contribution is 2.28. The number of carbonyl (C=O) groups excluding carboxylic acids is 1. The predicted octanol–water partition coefficient (Wildman–Crippen LogP) is 4.18. The molecule has 0 saturated heterocycles. The first-order chi connectivity index (χ1) is 12.1. The van der Waals surface area contributed by atoms with Gasteiger partial charge in [0.25, 0.3) is 0 Å². The zero-order chi connectivity index (χ0) is 17.6. The van der Waals surface area contributed by atoms with Crippen LogP contribution in [0.2, 0.25) is 0 Å². The van der Waals surface area contributed by atoms with Crippen LogP contribution in [-0.2, 0) is 11.3 Å². The van der Waals surface area contributed by atoms with Crippen molar-refractivity contribution >= 4 is 60.5 Å². The van der Waals surface area contributed by atoms with E-state index in [0.717, 1.165) is 37.3 Å². The molecule has 1 aromatic heterocycles. The third kappa shape index (κ3) is 2.94. The predicted molar refractivity (Wildman–Crippen MR) is 105 cm³/mol. The topological polar surface area (TPSA) is 46.5 Å². The first-order valence-corrected chi connectivity index (χ1v) is 9.37. The highest BCUT2D eigenvalue weighted by Gasteiger charge is 2.26. The molecule has 3 aromatic rings. The van der Waals surface area contributed by atoms with Crippen molar-refractivity contribution in [2.75, 3.05) is 7.11 Å². The maximum Gasteiger partial charge on any atom is 0.343 e. The number of nitrogens with one attached hydrogen (secondary N) is 2. The van der Waals surface area contributed by atoms with Crippen molar-refractivity contribution in [1.82, 2.24) is 4.98 Å². The second kappa shape index (κ2) is 6.44. The third-order valence-corrected chi connectivity index (χ3v) is 5.42. The van der Waals surface area contributed by atoms with E-state index in [1.165, 1.54) is 18.1 Å². The van der Waals surface area contributed by atoms with Gasteiger partial charge in [0.05, 0.1) is 12.8 Å². The molecule has 0 saturated carbocycles. The number of carbonyl (C=O) groups is 1. The molecule has 6 heteroatoms. The lowest BCUT2D eigenvalue weighted by atomic mass is 10.1. The molecule has 2 heterocycles. The number of hydrogen-bond donors (Lipinski definition) is 2. The van der Waals surface area contributed by atoms with Crippen LogP contribution in [0, 0.1) is 0 Å². The van der Waals surface area contributed by atoms with Crippen LogP contribution in [0.1, 0.15) is 21.6 Å². The average Bonchev–Trinajstić information content (AvgIpc) is 2.97. The number of H-pyrrole nitrogens is 1. The normalized spacial score (nSPS) is 16.0. The summed E-state index contributed by atoms with van der Waals surface area (Å²) < 4.78 is 6.91. The Morgan fingerprint density at radius 2 is 1.92 bits per heavy atom. The number of hydrogen-bond acceptors (Lipinski definition) is 2. The van der Waals surface area contributed by atoms with Crippen molar-refractivity contribution in [2.45, 2.75) is 6.54 Å². The number of halogens is 2. The van der Waals surface area contributed by atoms with Gasteiger partial charge in [-0.2, -0.15) is 0 Å². The fraction of sp³-hybridized carbons (Fsp3) is 0.105. The molecule has 0 spiro atoms. The van der Waals surface area contributed by atoms with Gasteiger partial charge in [0, 0.05) is 37.6 Å². The molecule has 25 heavy (non-hydrogen) atoms. The molecule has 0 radical (unpaired) electrons. The van der Waals surface area contributed by atoms with Gasteiger partial charge in [0.15, 0.2) is 5.69 Å². The number of quaternary nitrogens is 1. The van der Waals surface area contributed by atoms with Crippen molar-refractivity contribution in [1.29, 1.82) is 0 Å². The Bertz CT molecular complexity index is 1020.